The molecule has 1 aliphatic heterocycles. The Morgan fingerprint density at radius 2 is 2.35 bits per heavy atom. The van der Waals surface area contributed by atoms with Crippen LogP contribution in [0.15, 0.2) is 28.9 Å². The van der Waals surface area contributed by atoms with E-state index in [0.29, 0.717) is 11.3 Å². The molecule has 2 aromatic rings. The first-order chi connectivity index (χ1) is 9.70. The monoisotopic (exact) mass is 333 g/mol. The van der Waals surface area contributed by atoms with E-state index in [-0.39, 0.29) is 5.78 Å². The van der Waals surface area contributed by atoms with Gasteiger partial charge in [0.25, 0.3) is 0 Å². The molecule has 0 saturated heterocycles. The van der Waals surface area contributed by atoms with Crippen molar-refractivity contribution in [1.82, 2.24) is 9.78 Å². The highest BCUT2D eigenvalue weighted by Crippen LogP contribution is 2.26. The Labute approximate surface area is 126 Å². The molecule has 0 saturated carbocycles. The van der Waals surface area contributed by atoms with Gasteiger partial charge in [-0.05, 0) is 40.4 Å². The molecule has 0 amide bonds. The zero-order valence-electron chi connectivity index (χ0n) is 11.3. The molecule has 1 aliphatic rings. The molecule has 4 nitrogen and oxygen atoms in total. The number of rotatable bonds is 4. The van der Waals surface area contributed by atoms with Crippen LogP contribution in [0.25, 0.3) is 0 Å². The summed E-state index contributed by atoms with van der Waals surface area (Å²) in [5, 5.41) is 7.57. The Hall–Kier alpha value is -1.62. The minimum Gasteiger partial charge on any atom is -0.384 e. The van der Waals surface area contributed by atoms with Gasteiger partial charge < -0.3 is 5.32 Å². The van der Waals surface area contributed by atoms with Gasteiger partial charge in [-0.2, -0.15) is 5.10 Å². The first kappa shape index (κ1) is 13.4. The van der Waals surface area contributed by atoms with Crippen molar-refractivity contribution in [2.45, 2.75) is 26.3 Å². The van der Waals surface area contributed by atoms with Crippen molar-refractivity contribution < 1.29 is 4.79 Å². The van der Waals surface area contributed by atoms with E-state index >= 15 is 0 Å². The molecule has 20 heavy (non-hydrogen) atoms. The standard InChI is InChI=1S/C15H16BrN3O/c1-2-7-19-14(12(16)9-18-19)15(20)11-4-3-10-5-6-17-13(10)8-11/h3-4,8-9,17H,2,5-7H2,1H3. The molecule has 0 atom stereocenters. The van der Waals surface area contributed by atoms with Crippen molar-refractivity contribution >= 4 is 27.4 Å². The molecule has 0 spiro atoms. The summed E-state index contributed by atoms with van der Waals surface area (Å²) < 4.78 is 2.52. The van der Waals surface area contributed by atoms with Crippen molar-refractivity contribution in [2.24, 2.45) is 0 Å². The number of hydrogen-bond acceptors (Lipinski definition) is 3. The minimum atomic E-state index is 0.0133. The van der Waals surface area contributed by atoms with Gasteiger partial charge in [-0.15, -0.1) is 0 Å². The molecule has 0 fully saturated rings. The largest absolute Gasteiger partial charge is 0.384 e. The molecular weight excluding hydrogens is 318 g/mol. The number of fused-ring (bicyclic) bond motifs is 1. The third-order valence-corrected chi connectivity index (χ3v) is 4.11. The number of nitrogens with zero attached hydrogens (tertiary/aromatic N) is 2. The summed E-state index contributed by atoms with van der Waals surface area (Å²) in [6, 6.07) is 5.89. The van der Waals surface area contributed by atoms with Crippen molar-refractivity contribution in [3.05, 3.63) is 45.7 Å². The van der Waals surface area contributed by atoms with Crippen LogP contribution in [-0.4, -0.2) is 22.1 Å². The van der Waals surface area contributed by atoms with E-state index in [1.807, 2.05) is 18.2 Å². The van der Waals surface area contributed by atoms with E-state index in [9.17, 15) is 4.79 Å². The van der Waals surface area contributed by atoms with Crippen LogP contribution in [0, 0.1) is 0 Å². The van der Waals surface area contributed by atoms with Crippen LogP contribution < -0.4 is 5.32 Å². The Morgan fingerprint density at radius 3 is 3.15 bits per heavy atom. The average Bonchev–Trinajstić information content (AvgIpc) is 3.04. The highest BCUT2D eigenvalue weighted by Gasteiger charge is 2.20. The number of nitrogens with one attached hydrogen (secondary N) is 1. The summed E-state index contributed by atoms with van der Waals surface area (Å²) in [5.41, 5.74) is 3.69. The molecule has 1 aromatic heterocycles. The molecule has 0 bridgehead atoms. The maximum atomic E-state index is 12.7. The van der Waals surface area contributed by atoms with Crippen LogP contribution in [0.1, 0.15) is 35.0 Å². The fourth-order valence-corrected chi connectivity index (χ4v) is 3.01. The first-order valence-electron chi connectivity index (χ1n) is 6.83. The third-order valence-electron chi connectivity index (χ3n) is 3.53. The SMILES string of the molecule is CCCn1ncc(Br)c1C(=O)c1ccc2c(c1)NCC2. The predicted molar refractivity (Wildman–Crippen MR) is 82.3 cm³/mol. The highest BCUT2D eigenvalue weighted by molar-refractivity contribution is 9.10. The summed E-state index contributed by atoms with van der Waals surface area (Å²) in [7, 11) is 0. The Kier molecular flexibility index (Phi) is 3.61. The van der Waals surface area contributed by atoms with Gasteiger partial charge in [-0.25, -0.2) is 0 Å². The van der Waals surface area contributed by atoms with Crippen LogP contribution in [-0.2, 0) is 13.0 Å². The van der Waals surface area contributed by atoms with Crippen molar-refractivity contribution in [3.63, 3.8) is 0 Å². The second-order valence-electron chi connectivity index (χ2n) is 4.94. The van der Waals surface area contributed by atoms with Gasteiger partial charge in [-0.1, -0.05) is 19.1 Å². The number of aryl methyl sites for hydroxylation is 1. The zero-order chi connectivity index (χ0) is 14.1. The lowest BCUT2D eigenvalue weighted by atomic mass is 10.0. The van der Waals surface area contributed by atoms with Gasteiger partial charge >= 0.3 is 0 Å². The lowest BCUT2D eigenvalue weighted by molar-refractivity contribution is 0.102. The maximum Gasteiger partial charge on any atom is 0.212 e. The van der Waals surface area contributed by atoms with Crippen LogP contribution >= 0.6 is 15.9 Å². The van der Waals surface area contributed by atoms with E-state index in [1.54, 1.807) is 10.9 Å². The quantitative estimate of drug-likeness (QED) is 0.873. The number of benzene rings is 1. The predicted octanol–water partition coefficient (Wildman–Crippen LogP) is 3.25. The minimum absolute atomic E-state index is 0.0133. The topological polar surface area (TPSA) is 46.9 Å². The summed E-state index contributed by atoms with van der Waals surface area (Å²) in [6.07, 6.45) is 3.66. The third kappa shape index (κ3) is 2.26. The Morgan fingerprint density at radius 1 is 1.50 bits per heavy atom. The van der Waals surface area contributed by atoms with E-state index in [0.717, 1.165) is 36.1 Å². The summed E-state index contributed by atoms with van der Waals surface area (Å²) >= 11 is 3.43. The van der Waals surface area contributed by atoms with Crippen molar-refractivity contribution in [2.75, 3.05) is 11.9 Å². The van der Waals surface area contributed by atoms with Crippen LogP contribution in [0.5, 0.6) is 0 Å². The zero-order valence-corrected chi connectivity index (χ0v) is 12.9. The number of anilines is 1. The molecule has 2 heterocycles. The fourth-order valence-electron chi connectivity index (χ4n) is 2.54. The van der Waals surface area contributed by atoms with E-state index in [4.69, 9.17) is 0 Å². The molecule has 5 heteroatoms. The van der Waals surface area contributed by atoms with Gasteiger partial charge in [-0.3, -0.25) is 9.48 Å². The van der Waals surface area contributed by atoms with Gasteiger partial charge in [0.15, 0.2) is 0 Å². The van der Waals surface area contributed by atoms with Crippen LogP contribution in [0.2, 0.25) is 0 Å². The van der Waals surface area contributed by atoms with E-state index < -0.39 is 0 Å². The molecule has 3 rings (SSSR count). The Bertz CT molecular complexity index is 663. The summed E-state index contributed by atoms with van der Waals surface area (Å²) in [5.74, 6) is 0.0133. The number of carbonyl (C=O) groups is 1. The van der Waals surface area contributed by atoms with Crippen molar-refractivity contribution in [3.8, 4) is 0 Å². The molecule has 0 aliphatic carbocycles. The first-order valence-corrected chi connectivity index (χ1v) is 7.63. The van der Waals surface area contributed by atoms with Gasteiger partial charge in [0.2, 0.25) is 5.78 Å². The van der Waals surface area contributed by atoms with Gasteiger partial charge in [0.1, 0.15) is 5.69 Å². The summed E-state index contributed by atoms with van der Waals surface area (Å²) in [6.45, 7) is 3.77. The number of carbonyl (C=O) groups excluding carboxylic acids is 1. The second-order valence-corrected chi connectivity index (χ2v) is 5.80. The smallest absolute Gasteiger partial charge is 0.212 e. The highest BCUT2D eigenvalue weighted by atomic mass is 79.9. The normalized spacial score (nSPS) is 13.1. The van der Waals surface area contributed by atoms with Crippen LogP contribution in [0.3, 0.4) is 0 Å². The molecule has 1 N–H and O–H groups in total. The number of halogens is 1. The van der Waals surface area contributed by atoms with E-state index in [1.165, 1.54) is 5.56 Å². The van der Waals surface area contributed by atoms with Crippen LogP contribution in [0.4, 0.5) is 5.69 Å². The molecule has 1 aromatic carbocycles. The lowest BCUT2D eigenvalue weighted by Gasteiger charge is -2.08. The number of hydrogen-bond donors (Lipinski definition) is 1. The van der Waals surface area contributed by atoms with Crippen molar-refractivity contribution in [1.29, 1.82) is 0 Å². The number of ketones is 1. The summed E-state index contributed by atoms with van der Waals surface area (Å²) in [4.78, 5) is 12.7. The van der Waals surface area contributed by atoms with Gasteiger partial charge in [0.05, 0.1) is 10.7 Å². The maximum absolute atomic E-state index is 12.7. The Balaban J connectivity index is 1.98. The second kappa shape index (κ2) is 5.40. The van der Waals surface area contributed by atoms with E-state index in [2.05, 4.69) is 33.3 Å². The fraction of sp³-hybridized carbons (Fsp3) is 0.333. The molecule has 104 valence electrons. The number of aromatic nitrogens is 2. The van der Waals surface area contributed by atoms with Gasteiger partial charge in [0, 0.05) is 24.3 Å². The molecule has 0 radical (unpaired) electrons. The average molecular weight is 334 g/mol. The molecule has 0 unspecified atom stereocenters. The molecular formula is C15H16BrN3O. The lowest BCUT2D eigenvalue weighted by Crippen LogP contribution is -2.12.